The van der Waals surface area contributed by atoms with Gasteiger partial charge in [0.15, 0.2) is 0 Å². The van der Waals surface area contributed by atoms with E-state index in [1.54, 1.807) is 17.0 Å². The minimum absolute atomic E-state index is 0.00586. The Kier molecular flexibility index (Phi) is 5.32. The molecule has 0 spiro atoms. The van der Waals surface area contributed by atoms with Crippen molar-refractivity contribution in [3.8, 4) is 0 Å². The van der Waals surface area contributed by atoms with Crippen LogP contribution in [0, 0.1) is 13.8 Å². The number of nitrogens with zero attached hydrogens (tertiary/aromatic N) is 1. The summed E-state index contributed by atoms with van der Waals surface area (Å²) in [6, 6.07) is 3.57. The highest BCUT2D eigenvalue weighted by atomic mass is 35.5. The van der Waals surface area contributed by atoms with Crippen molar-refractivity contribution in [2.75, 3.05) is 20.1 Å². The molecule has 1 aromatic rings. The van der Waals surface area contributed by atoms with Gasteiger partial charge in [-0.05, 0) is 49.9 Å². The summed E-state index contributed by atoms with van der Waals surface area (Å²) in [4.78, 5) is 26.0. The Morgan fingerprint density at radius 3 is 2.70 bits per heavy atom. The van der Waals surface area contributed by atoms with E-state index in [2.05, 4.69) is 5.32 Å². The average molecular weight is 339 g/mol. The van der Waals surface area contributed by atoms with Crippen LogP contribution in [-0.2, 0) is 4.79 Å². The SMILES string of the molecule is CNC(=O)CC1(O)CCCN(C(=O)c2cc(C)c(Cl)cc2C)C1. The molecule has 0 saturated carbocycles. The molecular weight excluding hydrogens is 316 g/mol. The van der Waals surface area contributed by atoms with Gasteiger partial charge in [0.1, 0.15) is 0 Å². The second-order valence-corrected chi connectivity index (χ2v) is 6.73. The van der Waals surface area contributed by atoms with E-state index in [1.165, 1.54) is 7.05 Å². The number of aliphatic hydroxyl groups is 1. The maximum Gasteiger partial charge on any atom is 0.254 e. The number of likely N-dealkylation sites (tertiary alicyclic amines) is 1. The summed E-state index contributed by atoms with van der Waals surface area (Å²) < 4.78 is 0. The molecule has 1 unspecified atom stereocenters. The lowest BCUT2D eigenvalue weighted by Gasteiger charge is -2.39. The Balaban J connectivity index is 2.19. The highest BCUT2D eigenvalue weighted by molar-refractivity contribution is 6.31. The third-order valence-corrected chi connectivity index (χ3v) is 4.75. The number of halogens is 1. The number of aryl methyl sites for hydroxylation is 2. The van der Waals surface area contributed by atoms with Crippen LogP contribution in [0.15, 0.2) is 12.1 Å². The molecule has 1 saturated heterocycles. The zero-order valence-electron chi connectivity index (χ0n) is 13.8. The number of benzene rings is 1. The molecule has 1 heterocycles. The predicted octanol–water partition coefficient (Wildman–Crippen LogP) is 2.06. The number of hydrogen-bond donors (Lipinski definition) is 2. The Morgan fingerprint density at radius 2 is 2.04 bits per heavy atom. The summed E-state index contributed by atoms with van der Waals surface area (Å²) in [5.74, 6) is -0.349. The normalized spacial score (nSPS) is 21.2. The first-order chi connectivity index (χ1) is 10.8. The van der Waals surface area contributed by atoms with Crippen molar-refractivity contribution in [2.45, 2.75) is 38.7 Å². The first-order valence-corrected chi connectivity index (χ1v) is 8.12. The molecule has 1 atom stereocenters. The van der Waals surface area contributed by atoms with E-state index in [0.717, 1.165) is 11.1 Å². The molecule has 0 aromatic heterocycles. The van der Waals surface area contributed by atoms with Crippen molar-refractivity contribution in [3.63, 3.8) is 0 Å². The van der Waals surface area contributed by atoms with Gasteiger partial charge < -0.3 is 15.3 Å². The van der Waals surface area contributed by atoms with Crippen molar-refractivity contribution in [1.29, 1.82) is 0 Å². The fourth-order valence-corrected chi connectivity index (χ4v) is 3.22. The van der Waals surface area contributed by atoms with Gasteiger partial charge in [-0.25, -0.2) is 0 Å². The molecule has 0 bridgehead atoms. The molecule has 6 heteroatoms. The van der Waals surface area contributed by atoms with Gasteiger partial charge in [0.2, 0.25) is 5.91 Å². The zero-order valence-corrected chi connectivity index (χ0v) is 14.5. The molecule has 2 N–H and O–H groups in total. The minimum Gasteiger partial charge on any atom is -0.388 e. The third-order valence-electron chi connectivity index (χ3n) is 4.35. The van der Waals surface area contributed by atoms with E-state index in [1.807, 2.05) is 13.8 Å². The monoisotopic (exact) mass is 338 g/mol. The summed E-state index contributed by atoms with van der Waals surface area (Å²) in [7, 11) is 1.54. The first kappa shape index (κ1) is 17.8. The highest BCUT2D eigenvalue weighted by Gasteiger charge is 2.37. The molecule has 1 fully saturated rings. The average Bonchev–Trinajstić information content (AvgIpc) is 2.49. The lowest BCUT2D eigenvalue weighted by atomic mass is 9.88. The molecule has 0 radical (unpaired) electrons. The predicted molar refractivity (Wildman–Crippen MR) is 89.7 cm³/mol. The minimum atomic E-state index is -1.16. The molecule has 1 aliphatic rings. The Morgan fingerprint density at radius 1 is 1.35 bits per heavy atom. The molecule has 2 rings (SSSR count). The van der Waals surface area contributed by atoms with Crippen molar-refractivity contribution >= 4 is 23.4 Å². The molecule has 1 aliphatic heterocycles. The lowest BCUT2D eigenvalue weighted by molar-refractivity contribution is -0.127. The molecule has 5 nitrogen and oxygen atoms in total. The summed E-state index contributed by atoms with van der Waals surface area (Å²) in [6.07, 6.45) is 1.19. The number of rotatable bonds is 3. The Hall–Kier alpha value is -1.59. The van der Waals surface area contributed by atoms with Gasteiger partial charge in [0.05, 0.1) is 18.6 Å². The van der Waals surface area contributed by atoms with Gasteiger partial charge in [0.25, 0.3) is 5.91 Å². The van der Waals surface area contributed by atoms with Crippen LogP contribution in [0.2, 0.25) is 5.02 Å². The van der Waals surface area contributed by atoms with Crippen molar-refractivity contribution in [1.82, 2.24) is 10.2 Å². The van der Waals surface area contributed by atoms with Crippen LogP contribution in [0.25, 0.3) is 0 Å². The van der Waals surface area contributed by atoms with Crippen LogP contribution in [0.3, 0.4) is 0 Å². The van der Waals surface area contributed by atoms with Crippen LogP contribution >= 0.6 is 11.6 Å². The van der Waals surface area contributed by atoms with Crippen LogP contribution < -0.4 is 5.32 Å². The largest absolute Gasteiger partial charge is 0.388 e. The van der Waals surface area contributed by atoms with E-state index < -0.39 is 5.60 Å². The van der Waals surface area contributed by atoms with Crippen LogP contribution in [0.4, 0.5) is 0 Å². The molecule has 23 heavy (non-hydrogen) atoms. The van der Waals surface area contributed by atoms with Crippen molar-refractivity contribution < 1.29 is 14.7 Å². The number of β-amino-alcohol motifs (C(OH)–C–C–N with tert-alkyl or cyclic N) is 1. The van der Waals surface area contributed by atoms with E-state index in [9.17, 15) is 14.7 Å². The summed E-state index contributed by atoms with van der Waals surface area (Å²) in [5.41, 5.74) is 1.09. The second kappa shape index (κ2) is 6.89. The summed E-state index contributed by atoms with van der Waals surface area (Å²) >= 11 is 6.09. The first-order valence-electron chi connectivity index (χ1n) is 7.75. The fraction of sp³-hybridized carbons (Fsp3) is 0.529. The van der Waals surface area contributed by atoms with Crippen LogP contribution in [0.1, 0.15) is 40.7 Å². The van der Waals surface area contributed by atoms with Gasteiger partial charge >= 0.3 is 0 Å². The molecule has 2 amide bonds. The van der Waals surface area contributed by atoms with Gasteiger partial charge in [-0.3, -0.25) is 9.59 Å². The fourth-order valence-electron chi connectivity index (χ4n) is 3.00. The number of nitrogens with one attached hydrogen (secondary N) is 1. The van der Waals surface area contributed by atoms with E-state index in [0.29, 0.717) is 30.0 Å². The zero-order chi connectivity index (χ0) is 17.2. The number of carbonyl (C=O) groups excluding carboxylic acids is 2. The third kappa shape index (κ3) is 4.03. The molecule has 0 aliphatic carbocycles. The van der Waals surface area contributed by atoms with Crippen molar-refractivity contribution in [2.24, 2.45) is 0 Å². The Labute approximate surface area is 141 Å². The maximum atomic E-state index is 12.8. The van der Waals surface area contributed by atoms with Gasteiger partial charge in [-0.2, -0.15) is 0 Å². The molecule has 1 aromatic carbocycles. The van der Waals surface area contributed by atoms with Crippen LogP contribution in [-0.4, -0.2) is 47.6 Å². The van der Waals surface area contributed by atoms with E-state index in [4.69, 9.17) is 11.6 Å². The quantitative estimate of drug-likeness (QED) is 0.886. The lowest BCUT2D eigenvalue weighted by Crippen LogP contribution is -2.52. The highest BCUT2D eigenvalue weighted by Crippen LogP contribution is 2.27. The van der Waals surface area contributed by atoms with Crippen LogP contribution in [0.5, 0.6) is 0 Å². The molecule has 126 valence electrons. The number of hydrogen-bond acceptors (Lipinski definition) is 3. The number of carbonyl (C=O) groups is 2. The Bertz CT molecular complexity index is 633. The standard InChI is InChI=1S/C17H23ClN2O3/c1-11-8-14(18)12(2)7-13(11)16(22)20-6-4-5-17(23,10-20)9-15(21)19-3/h7-8,23H,4-6,9-10H2,1-3H3,(H,19,21). The summed E-state index contributed by atoms with van der Waals surface area (Å²) in [5, 5.41) is 13.8. The smallest absolute Gasteiger partial charge is 0.254 e. The van der Waals surface area contributed by atoms with Gasteiger partial charge in [0, 0.05) is 24.2 Å². The van der Waals surface area contributed by atoms with Gasteiger partial charge in [-0.1, -0.05) is 11.6 Å². The molecular formula is C17H23ClN2O3. The van der Waals surface area contributed by atoms with Crippen molar-refractivity contribution in [3.05, 3.63) is 33.8 Å². The number of amides is 2. The topological polar surface area (TPSA) is 69.6 Å². The van der Waals surface area contributed by atoms with E-state index >= 15 is 0 Å². The van der Waals surface area contributed by atoms with E-state index in [-0.39, 0.29) is 24.8 Å². The maximum absolute atomic E-state index is 12.8. The number of piperidine rings is 1. The summed E-state index contributed by atoms with van der Waals surface area (Å²) in [6.45, 7) is 4.45. The second-order valence-electron chi connectivity index (χ2n) is 6.32. The van der Waals surface area contributed by atoms with Gasteiger partial charge in [-0.15, -0.1) is 0 Å².